The molecule has 0 spiro atoms. The third-order valence-corrected chi connectivity index (χ3v) is 5.77. The van der Waals surface area contributed by atoms with Crippen LogP contribution in [0.25, 0.3) is 5.65 Å². The van der Waals surface area contributed by atoms with Gasteiger partial charge in [-0.3, -0.25) is 0 Å². The Labute approximate surface area is 112 Å². The van der Waals surface area contributed by atoms with E-state index in [-0.39, 0.29) is 11.9 Å². The van der Waals surface area contributed by atoms with Crippen molar-refractivity contribution in [2.75, 3.05) is 6.61 Å². The Hall–Kier alpha value is -1.40. The molecule has 0 N–H and O–H groups in total. The monoisotopic (exact) mass is 280 g/mol. The van der Waals surface area contributed by atoms with Gasteiger partial charge in [-0.2, -0.15) is 0 Å². The van der Waals surface area contributed by atoms with Crippen molar-refractivity contribution in [2.45, 2.75) is 30.5 Å². The molecule has 0 saturated carbocycles. The van der Waals surface area contributed by atoms with Crippen molar-refractivity contribution in [3.63, 3.8) is 0 Å². The highest BCUT2D eigenvalue weighted by Gasteiger charge is 2.36. The summed E-state index contributed by atoms with van der Waals surface area (Å²) in [7, 11) is -3.21. The predicted octanol–water partition coefficient (Wildman–Crippen LogP) is 1.43. The Morgan fingerprint density at radius 2 is 2.32 bits per heavy atom. The van der Waals surface area contributed by atoms with Crippen LogP contribution in [-0.2, 0) is 20.3 Å². The second kappa shape index (κ2) is 4.61. The molecule has 3 rings (SSSR count). The van der Waals surface area contributed by atoms with Crippen LogP contribution < -0.4 is 0 Å². The second-order valence-electron chi connectivity index (χ2n) is 4.91. The lowest BCUT2D eigenvalue weighted by Gasteiger charge is -2.13. The van der Waals surface area contributed by atoms with Crippen LogP contribution in [0.3, 0.4) is 0 Å². The number of aromatic nitrogens is 2. The van der Waals surface area contributed by atoms with Gasteiger partial charge in [-0.25, -0.2) is 13.4 Å². The molecule has 0 amide bonds. The highest BCUT2D eigenvalue weighted by molar-refractivity contribution is 7.91. The topological polar surface area (TPSA) is 60.7 Å². The normalized spacial score (nSPS) is 24.1. The lowest BCUT2D eigenvalue weighted by atomic mass is 10.3. The molecule has 19 heavy (non-hydrogen) atoms. The Morgan fingerprint density at radius 3 is 3.00 bits per heavy atom. The standard InChI is InChI=1S/C13H16N2O3S/c1-10-12(5-7-18-10)19(16,17)9-11-8-15-6-3-2-4-13(15)14-11/h2-4,6,8,10,12H,5,7,9H2,1H3/t10-,12+/m0/s1. The largest absolute Gasteiger partial charge is 0.377 e. The Morgan fingerprint density at radius 1 is 1.47 bits per heavy atom. The molecule has 2 aromatic heterocycles. The van der Waals surface area contributed by atoms with Crippen LogP contribution in [0, 0.1) is 0 Å². The van der Waals surface area contributed by atoms with E-state index in [9.17, 15) is 8.42 Å². The molecule has 1 saturated heterocycles. The minimum absolute atomic E-state index is 0.0208. The lowest BCUT2D eigenvalue weighted by molar-refractivity contribution is 0.126. The van der Waals surface area contributed by atoms with Crippen LogP contribution in [0.15, 0.2) is 30.6 Å². The predicted molar refractivity (Wildman–Crippen MR) is 71.6 cm³/mol. The summed E-state index contributed by atoms with van der Waals surface area (Å²) in [5.41, 5.74) is 1.36. The van der Waals surface area contributed by atoms with Gasteiger partial charge in [-0.1, -0.05) is 6.07 Å². The van der Waals surface area contributed by atoms with Gasteiger partial charge < -0.3 is 9.14 Å². The molecular weight excluding hydrogens is 264 g/mol. The maximum Gasteiger partial charge on any atom is 0.161 e. The molecule has 0 aromatic carbocycles. The second-order valence-corrected chi connectivity index (χ2v) is 7.13. The summed E-state index contributed by atoms with van der Waals surface area (Å²) in [5, 5.41) is -0.405. The molecule has 2 atom stereocenters. The molecule has 0 bridgehead atoms. The summed E-state index contributed by atoms with van der Waals surface area (Å²) < 4.78 is 31.9. The highest BCUT2D eigenvalue weighted by Crippen LogP contribution is 2.23. The van der Waals surface area contributed by atoms with Crippen LogP contribution in [0.2, 0.25) is 0 Å². The zero-order chi connectivity index (χ0) is 13.5. The first-order valence-corrected chi connectivity index (χ1v) is 8.03. The SMILES string of the molecule is C[C@@H]1OCC[C@H]1S(=O)(=O)Cc1cn2ccccc2n1. The van der Waals surface area contributed by atoms with Crippen molar-refractivity contribution in [1.82, 2.24) is 9.38 Å². The molecule has 0 aliphatic carbocycles. The van der Waals surface area contributed by atoms with E-state index in [2.05, 4.69) is 4.98 Å². The summed E-state index contributed by atoms with van der Waals surface area (Å²) in [6, 6.07) is 5.63. The van der Waals surface area contributed by atoms with Gasteiger partial charge >= 0.3 is 0 Å². The molecule has 2 aromatic rings. The zero-order valence-electron chi connectivity index (χ0n) is 10.7. The maximum atomic E-state index is 12.4. The molecular formula is C13H16N2O3S. The maximum absolute atomic E-state index is 12.4. The zero-order valence-corrected chi connectivity index (χ0v) is 11.5. The Kier molecular flexibility index (Phi) is 3.06. The van der Waals surface area contributed by atoms with Crippen molar-refractivity contribution in [3.05, 3.63) is 36.3 Å². The number of hydrogen-bond donors (Lipinski definition) is 0. The van der Waals surface area contributed by atoms with Gasteiger partial charge in [-0.15, -0.1) is 0 Å². The highest BCUT2D eigenvalue weighted by atomic mass is 32.2. The fourth-order valence-corrected chi connectivity index (χ4v) is 4.44. The average Bonchev–Trinajstić information content (AvgIpc) is 2.93. The number of sulfone groups is 1. The molecule has 0 radical (unpaired) electrons. The van der Waals surface area contributed by atoms with E-state index in [0.717, 1.165) is 5.65 Å². The van der Waals surface area contributed by atoms with E-state index in [4.69, 9.17) is 4.74 Å². The van der Waals surface area contributed by atoms with E-state index < -0.39 is 15.1 Å². The number of rotatable bonds is 3. The van der Waals surface area contributed by atoms with Gasteiger partial charge in [0.05, 0.1) is 22.8 Å². The fraction of sp³-hybridized carbons (Fsp3) is 0.462. The van der Waals surface area contributed by atoms with E-state index in [0.29, 0.717) is 18.7 Å². The van der Waals surface area contributed by atoms with Crippen LogP contribution >= 0.6 is 0 Å². The number of nitrogens with zero attached hydrogens (tertiary/aromatic N) is 2. The molecule has 3 heterocycles. The fourth-order valence-electron chi connectivity index (χ4n) is 2.55. The molecule has 1 fully saturated rings. The van der Waals surface area contributed by atoms with Gasteiger partial charge in [0.1, 0.15) is 5.65 Å². The van der Waals surface area contributed by atoms with E-state index in [1.807, 2.05) is 35.7 Å². The van der Waals surface area contributed by atoms with E-state index in [1.54, 1.807) is 6.20 Å². The van der Waals surface area contributed by atoms with Crippen LogP contribution in [0.1, 0.15) is 19.0 Å². The van der Waals surface area contributed by atoms with Crippen molar-refractivity contribution < 1.29 is 13.2 Å². The number of imidazole rings is 1. The van der Waals surface area contributed by atoms with Crippen LogP contribution in [0.4, 0.5) is 0 Å². The summed E-state index contributed by atoms with van der Waals surface area (Å²) in [6.07, 6.45) is 3.99. The van der Waals surface area contributed by atoms with Crippen molar-refractivity contribution in [2.24, 2.45) is 0 Å². The number of pyridine rings is 1. The Balaban J connectivity index is 1.87. The van der Waals surface area contributed by atoms with Gasteiger partial charge in [-0.05, 0) is 25.5 Å². The summed E-state index contributed by atoms with van der Waals surface area (Å²) in [6.45, 7) is 2.34. The van der Waals surface area contributed by atoms with Crippen molar-refractivity contribution >= 4 is 15.5 Å². The third-order valence-electron chi connectivity index (χ3n) is 3.53. The number of hydrogen-bond acceptors (Lipinski definition) is 4. The summed E-state index contributed by atoms with van der Waals surface area (Å²) >= 11 is 0. The molecule has 5 nitrogen and oxygen atoms in total. The minimum Gasteiger partial charge on any atom is -0.377 e. The molecule has 1 aliphatic rings. The molecule has 1 aliphatic heterocycles. The first-order valence-electron chi connectivity index (χ1n) is 6.32. The van der Waals surface area contributed by atoms with Gasteiger partial charge in [0, 0.05) is 19.0 Å². The minimum atomic E-state index is -3.21. The van der Waals surface area contributed by atoms with Gasteiger partial charge in [0.15, 0.2) is 9.84 Å². The first kappa shape index (κ1) is 12.6. The summed E-state index contributed by atoms with van der Waals surface area (Å²) in [5.74, 6) is -0.0208. The van der Waals surface area contributed by atoms with Gasteiger partial charge in [0.2, 0.25) is 0 Å². The van der Waals surface area contributed by atoms with Crippen molar-refractivity contribution in [1.29, 1.82) is 0 Å². The molecule has 102 valence electrons. The third kappa shape index (κ3) is 2.37. The summed E-state index contributed by atoms with van der Waals surface area (Å²) in [4.78, 5) is 4.34. The van der Waals surface area contributed by atoms with Crippen LogP contribution in [-0.4, -0.2) is 35.8 Å². The van der Waals surface area contributed by atoms with Crippen LogP contribution in [0.5, 0.6) is 0 Å². The average molecular weight is 280 g/mol. The van der Waals surface area contributed by atoms with E-state index >= 15 is 0 Å². The van der Waals surface area contributed by atoms with E-state index in [1.165, 1.54) is 0 Å². The number of ether oxygens (including phenoxy) is 1. The quantitative estimate of drug-likeness (QED) is 0.853. The lowest BCUT2D eigenvalue weighted by Crippen LogP contribution is -2.29. The number of fused-ring (bicyclic) bond motifs is 1. The van der Waals surface area contributed by atoms with Gasteiger partial charge in [0.25, 0.3) is 0 Å². The molecule has 0 unspecified atom stereocenters. The first-order chi connectivity index (χ1) is 9.06. The smallest absolute Gasteiger partial charge is 0.161 e. The van der Waals surface area contributed by atoms with Crippen molar-refractivity contribution in [3.8, 4) is 0 Å². The molecule has 6 heteroatoms. The Bertz CT molecular complexity index is 660.